The van der Waals surface area contributed by atoms with E-state index in [9.17, 15) is 34.2 Å². The van der Waals surface area contributed by atoms with E-state index in [1.54, 1.807) is 12.1 Å². The van der Waals surface area contributed by atoms with Crippen LogP contribution in [-0.4, -0.2) is 79.7 Å². The summed E-state index contributed by atoms with van der Waals surface area (Å²) in [4.78, 5) is 68.2. The minimum Gasteiger partial charge on any atom is -0.508 e. The number of primary amides is 1. The zero-order valence-electron chi connectivity index (χ0n) is 20.3. The molecule has 0 spiro atoms. The number of carboxylic acids is 1. The molecule has 0 aliphatic carbocycles. The van der Waals surface area contributed by atoms with E-state index >= 15 is 0 Å². The minimum atomic E-state index is -1.43. The Kier molecular flexibility index (Phi) is 11.6. The molecule has 206 valence electrons. The van der Waals surface area contributed by atoms with E-state index in [-0.39, 0.29) is 37.2 Å². The van der Waals surface area contributed by atoms with Gasteiger partial charge in [-0.1, -0.05) is 12.1 Å². The highest BCUT2D eigenvalue weighted by molar-refractivity contribution is 7.80. The number of phenols is 1. The number of aromatic nitrogens is 2. The Morgan fingerprint density at radius 1 is 0.947 bits per heavy atom. The Labute approximate surface area is 223 Å². The van der Waals surface area contributed by atoms with Crippen LogP contribution in [0.25, 0.3) is 0 Å². The molecule has 0 bridgehead atoms. The van der Waals surface area contributed by atoms with E-state index in [1.165, 1.54) is 24.7 Å². The summed E-state index contributed by atoms with van der Waals surface area (Å²) in [6, 6.07) is 1.06. The van der Waals surface area contributed by atoms with Crippen LogP contribution in [-0.2, 0) is 36.8 Å². The molecule has 1 aromatic heterocycles. The van der Waals surface area contributed by atoms with Crippen LogP contribution in [0.1, 0.15) is 24.1 Å². The third-order valence-electron chi connectivity index (χ3n) is 5.45. The number of nitrogens with two attached hydrogens (primary N) is 2. The van der Waals surface area contributed by atoms with E-state index < -0.39 is 53.8 Å². The van der Waals surface area contributed by atoms with Crippen molar-refractivity contribution >= 4 is 42.2 Å². The number of carboxylic acid groups (broad SMARTS) is 1. The van der Waals surface area contributed by atoms with Gasteiger partial charge in [0.1, 0.15) is 23.9 Å². The summed E-state index contributed by atoms with van der Waals surface area (Å²) in [6.07, 6.45) is 2.17. The normalized spacial score (nSPS) is 13.9. The second-order valence-corrected chi connectivity index (χ2v) is 8.83. The molecule has 15 heteroatoms. The molecule has 2 rings (SSSR count). The van der Waals surface area contributed by atoms with Gasteiger partial charge >= 0.3 is 5.97 Å². The van der Waals surface area contributed by atoms with Gasteiger partial charge in [-0.25, -0.2) is 9.78 Å². The van der Waals surface area contributed by atoms with Crippen molar-refractivity contribution in [2.24, 2.45) is 11.5 Å². The van der Waals surface area contributed by atoms with Crippen molar-refractivity contribution < 1.29 is 34.2 Å². The highest BCUT2D eigenvalue weighted by atomic mass is 32.1. The van der Waals surface area contributed by atoms with Crippen LogP contribution in [0.15, 0.2) is 36.8 Å². The first kappa shape index (κ1) is 30.1. The number of aromatic amines is 1. The van der Waals surface area contributed by atoms with Gasteiger partial charge in [0.05, 0.1) is 12.4 Å². The summed E-state index contributed by atoms with van der Waals surface area (Å²) < 4.78 is 0. The number of nitrogens with zero attached hydrogens (tertiary/aromatic N) is 1. The first-order valence-electron chi connectivity index (χ1n) is 11.5. The van der Waals surface area contributed by atoms with Crippen LogP contribution in [0.4, 0.5) is 0 Å². The lowest BCUT2D eigenvalue weighted by molar-refractivity contribution is -0.142. The Morgan fingerprint density at radius 3 is 2.05 bits per heavy atom. The average molecular weight is 550 g/mol. The number of thiol groups is 1. The van der Waals surface area contributed by atoms with Crippen molar-refractivity contribution in [1.29, 1.82) is 0 Å². The molecular weight excluding hydrogens is 518 g/mol. The highest BCUT2D eigenvalue weighted by Crippen LogP contribution is 2.12. The van der Waals surface area contributed by atoms with E-state index in [0.717, 1.165) is 0 Å². The summed E-state index contributed by atoms with van der Waals surface area (Å²) in [5, 5.41) is 26.4. The second kappa shape index (κ2) is 14.6. The lowest BCUT2D eigenvalue weighted by atomic mass is 10.0. The number of H-pyrrole nitrogens is 1. The summed E-state index contributed by atoms with van der Waals surface area (Å²) in [6.45, 7) is 0. The predicted molar refractivity (Wildman–Crippen MR) is 138 cm³/mol. The van der Waals surface area contributed by atoms with E-state index in [1.807, 2.05) is 0 Å². The number of nitrogens with one attached hydrogen (secondary N) is 4. The fourth-order valence-corrected chi connectivity index (χ4v) is 3.52. The molecule has 4 unspecified atom stereocenters. The molecule has 14 nitrogen and oxygen atoms in total. The van der Waals surface area contributed by atoms with Crippen LogP contribution in [0, 0.1) is 0 Å². The maximum atomic E-state index is 13.3. The molecule has 4 atom stereocenters. The lowest BCUT2D eigenvalue weighted by Gasteiger charge is -2.25. The SMILES string of the molecule is NC(=O)CCC(NC(=O)C(Cc1cnc[nH]1)NC(=O)C(Cc1ccc(O)cc1)NC(=O)C(N)CS)C(=O)O. The van der Waals surface area contributed by atoms with E-state index in [0.29, 0.717) is 11.3 Å². The summed E-state index contributed by atoms with van der Waals surface area (Å²) in [5.41, 5.74) is 11.9. The lowest BCUT2D eigenvalue weighted by Crippen LogP contribution is -2.58. The number of phenolic OH excluding ortho intramolecular Hbond substituents is 1. The maximum absolute atomic E-state index is 13.3. The van der Waals surface area contributed by atoms with Crippen molar-refractivity contribution in [3.8, 4) is 5.75 Å². The standard InChI is InChI=1S/C23H31N7O7S/c24-15(10-38)20(33)29-17(7-12-1-3-14(31)4-2-12)21(34)30-18(8-13-9-26-11-27-13)22(35)28-16(23(36)37)5-6-19(25)32/h1-4,9,11,15-18,31,38H,5-8,10,24H2,(H2,25,32)(H,26,27)(H,28,35)(H,29,33)(H,30,34)(H,36,37). The number of aromatic hydroxyl groups is 1. The van der Waals surface area contributed by atoms with Gasteiger partial charge < -0.3 is 42.6 Å². The first-order chi connectivity index (χ1) is 18.0. The van der Waals surface area contributed by atoms with Crippen LogP contribution in [0.5, 0.6) is 5.75 Å². The molecule has 2 aromatic rings. The molecule has 10 N–H and O–H groups in total. The molecular formula is C23H31N7O7S. The fourth-order valence-electron chi connectivity index (χ4n) is 3.35. The van der Waals surface area contributed by atoms with Crippen molar-refractivity contribution in [1.82, 2.24) is 25.9 Å². The monoisotopic (exact) mass is 549 g/mol. The number of rotatable bonds is 15. The fraction of sp³-hybridized carbons (Fsp3) is 0.391. The number of carbonyl (C=O) groups is 5. The second-order valence-electron chi connectivity index (χ2n) is 8.47. The van der Waals surface area contributed by atoms with Gasteiger partial charge in [-0.3, -0.25) is 19.2 Å². The molecule has 38 heavy (non-hydrogen) atoms. The number of hydrogen-bond donors (Lipinski definition) is 9. The van der Waals surface area contributed by atoms with Gasteiger partial charge in [-0.05, 0) is 24.1 Å². The summed E-state index contributed by atoms with van der Waals surface area (Å²) in [7, 11) is 0. The molecule has 0 aliphatic rings. The molecule has 1 heterocycles. The number of imidazole rings is 1. The Bertz CT molecular complexity index is 1110. The Hall–Kier alpha value is -4.11. The number of hydrogen-bond acceptors (Lipinski definition) is 9. The van der Waals surface area contributed by atoms with Crippen molar-refractivity contribution in [3.63, 3.8) is 0 Å². The van der Waals surface area contributed by atoms with Gasteiger partial charge in [-0.15, -0.1) is 0 Å². The van der Waals surface area contributed by atoms with Crippen molar-refractivity contribution in [3.05, 3.63) is 48.0 Å². The van der Waals surface area contributed by atoms with E-state index in [2.05, 4.69) is 38.5 Å². The first-order valence-corrected chi connectivity index (χ1v) is 12.2. The number of aliphatic carboxylic acids is 1. The van der Waals surface area contributed by atoms with Crippen LogP contribution < -0.4 is 27.4 Å². The highest BCUT2D eigenvalue weighted by Gasteiger charge is 2.31. The number of carbonyl (C=O) groups excluding carboxylic acids is 4. The van der Waals surface area contributed by atoms with Gasteiger partial charge in [-0.2, -0.15) is 12.6 Å². The number of benzene rings is 1. The van der Waals surface area contributed by atoms with Crippen molar-refractivity contribution in [2.45, 2.75) is 49.9 Å². The Morgan fingerprint density at radius 2 is 1.53 bits per heavy atom. The average Bonchev–Trinajstić information content (AvgIpc) is 3.39. The summed E-state index contributed by atoms with van der Waals surface area (Å²) in [5.74, 6) is -4.33. The molecule has 0 saturated carbocycles. The molecule has 0 saturated heterocycles. The van der Waals surface area contributed by atoms with Gasteiger partial charge in [0.2, 0.25) is 23.6 Å². The van der Waals surface area contributed by atoms with Crippen LogP contribution >= 0.6 is 12.6 Å². The third kappa shape index (κ3) is 9.74. The molecule has 1 aromatic carbocycles. The zero-order chi connectivity index (χ0) is 28.2. The predicted octanol–water partition coefficient (Wildman–Crippen LogP) is -2.04. The van der Waals surface area contributed by atoms with Gasteiger partial charge in [0.15, 0.2) is 0 Å². The van der Waals surface area contributed by atoms with Crippen LogP contribution in [0.2, 0.25) is 0 Å². The quantitative estimate of drug-likeness (QED) is 0.111. The largest absolute Gasteiger partial charge is 0.508 e. The zero-order valence-corrected chi connectivity index (χ0v) is 21.2. The summed E-state index contributed by atoms with van der Waals surface area (Å²) >= 11 is 4.00. The minimum absolute atomic E-state index is 0.00803. The number of amides is 4. The van der Waals surface area contributed by atoms with Gasteiger partial charge in [0, 0.05) is 36.9 Å². The Balaban J connectivity index is 2.27. The van der Waals surface area contributed by atoms with Gasteiger partial charge in [0.25, 0.3) is 0 Å². The smallest absolute Gasteiger partial charge is 0.326 e. The molecule has 4 amide bonds. The molecule has 0 radical (unpaired) electrons. The van der Waals surface area contributed by atoms with Crippen molar-refractivity contribution in [2.75, 3.05) is 5.75 Å². The molecule has 0 aliphatic heterocycles. The maximum Gasteiger partial charge on any atom is 0.326 e. The third-order valence-corrected chi connectivity index (χ3v) is 5.84. The van der Waals surface area contributed by atoms with E-state index in [4.69, 9.17) is 11.5 Å². The molecule has 0 fully saturated rings. The topological polar surface area (TPSA) is 243 Å². The van der Waals surface area contributed by atoms with Crippen LogP contribution in [0.3, 0.4) is 0 Å².